The van der Waals surface area contributed by atoms with E-state index >= 15 is 0 Å². The van der Waals surface area contributed by atoms with Crippen molar-refractivity contribution in [1.29, 1.82) is 0 Å². The van der Waals surface area contributed by atoms with Crippen LogP contribution in [0.1, 0.15) is 22.3 Å². The van der Waals surface area contributed by atoms with Crippen molar-refractivity contribution in [2.75, 3.05) is 0 Å². The Morgan fingerprint density at radius 3 is 1.89 bits per heavy atom. The predicted molar refractivity (Wildman–Crippen MR) is 123 cm³/mol. The van der Waals surface area contributed by atoms with E-state index < -0.39 is 0 Å². The molecular weight excluding hydrogens is 336 g/mol. The minimum Gasteiger partial charge on any atom is -0.0616 e. The monoisotopic (exact) mass is 360 g/mol. The van der Waals surface area contributed by atoms with Gasteiger partial charge in [0.1, 0.15) is 0 Å². The minimum absolute atomic E-state index is 1.29. The van der Waals surface area contributed by atoms with Gasteiger partial charge < -0.3 is 0 Å². The first-order valence-electron chi connectivity index (χ1n) is 9.96. The van der Waals surface area contributed by atoms with Crippen molar-refractivity contribution >= 4 is 32.3 Å². The van der Waals surface area contributed by atoms with Crippen LogP contribution in [0.25, 0.3) is 43.4 Å². The maximum absolute atomic E-state index is 2.39. The summed E-state index contributed by atoms with van der Waals surface area (Å²) in [6, 6.07) is 27.1. The van der Waals surface area contributed by atoms with Crippen molar-refractivity contribution in [2.45, 2.75) is 27.7 Å². The topological polar surface area (TPSA) is 0 Å². The molecule has 0 heterocycles. The zero-order valence-corrected chi connectivity index (χ0v) is 16.9. The third kappa shape index (κ3) is 2.52. The van der Waals surface area contributed by atoms with Gasteiger partial charge in [-0.25, -0.2) is 0 Å². The Balaban J connectivity index is 1.95. The lowest BCUT2D eigenvalue weighted by molar-refractivity contribution is 1.36. The first-order valence-corrected chi connectivity index (χ1v) is 9.96. The lowest BCUT2D eigenvalue weighted by Crippen LogP contribution is -1.92. The number of rotatable bonds is 1. The molecule has 0 bridgehead atoms. The molecule has 0 saturated heterocycles. The molecule has 0 heteroatoms. The second-order valence-electron chi connectivity index (χ2n) is 8.08. The smallest absolute Gasteiger partial charge is 0.00670 e. The molecule has 0 aromatic heterocycles. The van der Waals surface area contributed by atoms with E-state index in [2.05, 4.69) is 100 Å². The fraction of sp³-hybridized carbons (Fsp3) is 0.143. The Labute approximate surface area is 166 Å². The second kappa shape index (κ2) is 6.21. The van der Waals surface area contributed by atoms with Crippen molar-refractivity contribution in [1.82, 2.24) is 0 Å². The van der Waals surface area contributed by atoms with Crippen molar-refractivity contribution in [3.8, 4) is 11.1 Å². The van der Waals surface area contributed by atoms with Gasteiger partial charge in [0, 0.05) is 0 Å². The van der Waals surface area contributed by atoms with E-state index in [0.717, 1.165) is 0 Å². The van der Waals surface area contributed by atoms with Gasteiger partial charge in [0.05, 0.1) is 0 Å². The van der Waals surface area contributed by atoms with Gasteiger partial charge in [0.25, 0.3) is 0 Å². The Bertz CT molecular complexity index is 1380. The number of hydrogen-bond acceptors (Lipinski definition) is 0. The summed E-state index contributed by atoms with van der Waals surface area (Å²) in [6.45, 7) is 8.89. The first kappa shape index (κ1) is 17.0. The van der Waals surface area contributed by atoms with Crippen LogP contribution < -0.4 is 0 Å². The summed E-state index contributed by atoms with van der Waals surface area (Å²) in [7, 11) is 0. The van der Waals surface area contributed by atoms with Gasteiger partial charge >= 0.3 is 0 Å². The molecule has 5 aromatic carbocycles. The molecule has 0 saturated carbocycles. The summed E-state index contributed by atoms with van der Waals surface area (Å²) < 4.78 is 0. The van der Waals surface area contributed by atoms with Crippen LogP contribution in [0.2, 0.25) is 0 Å². The van der Waals surface area contributed by atoms with Crippen LogP contribution in [0.4, 0.5) is 0 Å². The molecule has 0 N–H and O–H groups in total. The first-order chi connectivity index (χ1) is 13.5. The molecule has 0 nitrogen and oxygen atoms in total. The molecule has 5 aromatic rings. The summed E-state index contributed by atoms with van der Waals surface area (Å²) >= 11 is 0. The van der Waals surface area contributed by atoms with Crippen LogP contribution in [0.3, 0.4) is 0 Å². The molecule has 0 atom stereocenters. The highest BCUT2D eigenvalue weighted by Crippen LogP contribution is 2.39. The third-order valence-corrected chi connectivity index (χ3v) is 6.29. The largest absolute Gasteiger partial charge is 0.0616 e. The van der Waals surface area contributed by atoms with Gasteiger partial charge in [-0.3, -0.25) is 0 Å². The Kier molecular flexibility index (Phi) is 3.77. The molecule has 5 rings (SSSR count). The molecule has 0 unspecified atom stereocenters. The molecule has 0 aliphatic carbocycles. The fourth-order valence-corrected chi connectivity index (χ4v) is 4.46. The fourth-order valence-electron chi connectivity index (χ4n) is 4.46. The molecule has 28 heavy (non-hydrogen) atoms. The molecule has 0 fully saturated rings. The predicted octanol–water partition coefficient (Wildman–Crippen LogP) is 8.05. The molecule has 136 valence electrons. The minimum atomic E-state index is 1.29. The molecule has 0 aliphatic rings. The second-order valence-corrected chi connectivity index (χ2v) is 8.08. The van der Waals surface area contributed by atoms with Crippen LogP contribution >= 0.6 is 0 Å². The van der Waals surface area contributed by atoms with E-state index in [1.165, 1.54) is 65.7 Å². The summed E-state index contributed by atoms with van der Waals surface area (Å²) in [6.07, 6.45) is 0. The van der Waals surface area contributed by atoms with Gasteiger partial charge in [-0.2, -0.15) is 0 Å². The highest BCUT2D eigenvalue weighted by atomic mass is 14.2. The van der Waals surface area contributed by atoms with Crippen molar-refractivity contribution in [2.24, 2.45) is 0 Å². The summed E-state index contributed by atoms with van der Waals surface area (Å²) in [4.78, 5) is 0. The Morgan fingerprint density at radius 2 is 1.11 bits per heavy atom. The highest BCUT2D eigenvalue weighted by molar-refractivity contribution is 6.10. The molecule has 0 radical (unpaired) electrons. The quantitative estimate of drug-likeness (QED) is 0.265. The van der Waals surface area contributed by atoms with Crippen LogP contribution in [0, 0.1) is 27.7 Å². The van der Waals surface area contributed by atoms with E-state index in [4.69, 9.17) is 0 Å². The summed E-state index contributed by atoms with van der Waals surface area (Å²) in [5, 5.41) is 7.92. The number of benzene rings is 5. The van der Waals surface area contributed by atoms with E-state index in [1.807, 2.05) is 0 Å². The van der Waals surface area contributed by atoms with E-state index in [-0.39, 0.29) is 0 Å². The molecule has 0 spiro atoms. The number of fused-ring (bicyclic) bond motifs is 3. The van der Waals surface area contributed by atoms with Crippen molar-refractivity contribution in [3.63, 3.8) is 0 Å². The summed E-state index contributed by atoms with van der Waals surface area (Å²) in [5.74, 6) is 0. The van der Waals surface area contributed by atoms with Crippen LogP contribution in [-0.4, -0.2) is 0 Å². The van der Waals surface area contributed by atoms with Gasteiger partial charge in [-0.05, 0) is 106 Å². The van der Waals surface area contributed by atoms with Gasteiger partial charge in [0.2, 0.25) is 0 Å². The van der Waals surface area contributed by atoms with Gasteiger partial charge in [0.15, 0.2) is 0 Å². The van der Waals surface area contributed by atoms with Gasteiger partial charge in [-0.15, -0.1) is 0 Å². The van der Waals surface area contributed by atoms with E-state index in [9.17, 15) is 0 Å². The van der Waals surface area contributed by atoms with Crippen molar-refractivity contribution in [3.05, 3.63) is 95.1 Å². The molecule has 0 amide bonds. The lowest BCUT2D eigenvalue weighted by atomic mass is 9.87. The lowest BCUT2D eigenvalue weighted by Gasteiger charge is -2.17. The highest BCUT2D eigenvalue weighted by Gasteiger charge is 2.14. The average Bonchev–Trinajstić information content (AvgIpc) is 2.69. The third-order valence-electron chi connectivity index (χ3n) is 6.29. The average molecular weight is 361 g/mol. The van der Waals surface area contributed by atoms with E-state index in [1.54, 1.807) is 0 Å². The maximum atomic E-state index is 2.39. The zero-order chi connectivity index (χ0) is 19.4. The Morgan fingerprint density at radius 1 is 0.464 bits per heavy atom. The Hall–Kier alpha value is -3.12. The van der Waals surface area contributed by atoms with Crippen LogP contribution in [-0.2, 0) is 0 Å². The van der Waals surface area contributed by atoms with Gasteiger partial charge in [-0.1, -0.05) is 60.7 Å². The number of aryl methyl sites for hydroxylation is 3. The number of hydrogen-bond donors (Lipinski definition) is 0. The normalized spacial score (nSPS) is 11.6. The molecular formula is C28H24. The standard InChI is InChI=1S/C28H24/c1-17-12-22-15-24-14-19(3)20(4)28(27(24)16-23(22)13-18(17)2)26-11-7-9-21-8-5-6-10-25(21)26/h5-16H,1-4H3. The zero-order valence-electron chi connectivity index (χ0n) is 16.9. The molecule has 0 aliphatic heterocycles. The van der Waals surface area contributed by atoms with Crippen LogP contribution in [0.15, 0.2) is 72.8 Å². The summed E-state index contributed by atoms with van der Waals surface area (Å²) in [5.41, 5.74) is 8.11. The van der Waals surface area contributed by atoms with E-state index in [0.29, 0.717) is 0 Å². The van der Waals surface area contributed by atoms with Crippen molar-refractivity contribution < 1.29 is 0 Å². The SMILES string of the molecule is Cc1cc2cc3cc(C)c(C)c(-c4cccc5ccccc45)c3cc2cc1C. The van der Waals surface area contributed by atoms with Crippen LogP contribution in [0.5, 0.6) is 0 Å². The maximum Gasteiger partial charge on any atom is -0.00670 e.